The van der Waals surface area contributed by atoms with Gasteiger partial charge in [-0.25, -0.2) is 9.07 Å². The number of carbonyl (C=O) groups is 1. The molecule has 0 saturated heterocycles. The summed E-state index contributed by atoms with van der Waals surface area (Å²) in [5.41, 5.74) is 1.64. The van der Waals surface area contributed by atoms with Crippen LogP contribution < -0.4 is 5.32 Å². The van der Waals surface area contributed by atoms with E-state index in [2.05, 4.69) is 15.6 Å². The molecule has 0 aliphatic rings. The highest BCUT2D eigenvalue weighted by atomic mass is 35.5. The Morgan fingerprint density at radius 2 is 1.84 bits per heavy atom. The number of hydrogen-bond donors (Lipinski definition) is 1. The van der Waals surface area contributed by atoms with Gasteiger partial charge in [0.05, 0.1) is 17.1 Å². The first-order valence-electron chi connectivity index (χ1n) is 7.75. The Labute approximate surface area is 149 Å². The maximum absolute atomic E-state index is 13.8. The van der Waals surface area contributed by atoms with Crippen molar-refractivity contribution in [1.82, 2.24) is 15.0 Å². The van der Waals surface area contributed by atoms with Gasteiger partial charge in [0.15, 0.2) is 5.69 Å². The lowest BCUT2D eigenvalue weighted by Crippen LogP contribution is -2.17. The second-order valence-corrected chi connectivity index (χ2v) is 6.24. The number of aromatic nitrogens is 3. The Balaban J connectivity index is 1.98. The minimum absolute atomic E-state index is 0.0213. The quantitative estimate of drug-likeness (QED) is 0.750. The van der Waals surface area contributed by atoms with E-state index in [1.54, 1.807) is 41.1 Å². The SMILES string of the molecule is CC(C)c1c(C(=O)Nc2ccccc2F)nnn1-c1ccc(Cl)cc1. The number of anilines is 1. The molecule has 1 amide bonds. The van der Waals surface area contributed by atoms with Crippen molar-refractivity contribution in [2.75, 3.05) is 5.32 Å². The maximum Gasteiger partial charge on any atom is 0.278 e. The molecule has 0 spiro atoms. The van der Waals surface area contributed by atoms with E-state index in [9.17, 15) is 9.18 Å². The highest BCUT2D eigenvalue weighted by Gasteiger charge is 2.23. The third-order valence-corrected chi connectivity index (χ3v) is 3.91. The Morgan fingerprint density at radius 3 is 2.48 bits per heavy atom. The van der Waals surface area contributed by atoms with Gasteiger partial charge in [-0.1, -0.05) is 42.8 Å². The van der Waals surface area contributed by atoms with Crippen LogP contribution in [0.1, 0.15) is 35.9 Å². The molecule has 0 fully saturated rings. The molecule has 128 valence electrons. The number of halogens is 2. The van der Waals surface area contributed by atoms with Crippen molar-refractivity contribution < 1.29 is 9.18 Å². The fraction of sp³-hybridized carbons (Fsp3) is 0.167. The molecule has 3 rings (SSSR count). The van der Waals surface area contributed by atoms with Crippen molar-refractivity contribution in [2.24, 2.45) is 0 Å². The summed E-state index contributed by atoms with van der Waals surface area (Å²) < 4.78 is 15.4. The molecule has 0 aliphatic carbocycles. The van der Waals surface area contributed by atoms with Gasteiger partial charge in [0, 0.05) is 5.02 Å². The van der Waals surface area contributed by atoms with Gasteiger partial charge in [-0.05, 0) is 42.3 Å². The summed E-state index contributed by atoms with van der Waals surface area (Å²) in [7, 11) is 0. The molecule has 0 saturated carbocycles. The second-order valence-electron chi connectivity index (χ2n) is 5.80. The Hall–Kier alpha value is -2.73. The molecule has 5 nitrogen and oxygen atoms in total. The number of para-hydroxylation sites is 1. The molecule has 7 heteroatoms. The van der Waals surface area contributed by atoms with Crippen LogP contribution in [0.4, 0.5) is 10.1 Å². The number of nitrogens with one attached hydrogen (secondary N) is 1. The molecular weight excluding hydrogens is 343 g/mol. The van der Waals surface area contributed by atoms with E-state index < -0.39 is 11.7 Å². The molecule has 1 heterocycles. The van der Waals surface area contributed by atoms with Crippen molar-refractivity contribution in [3.05, 3.63) is 70.8 Å². The number of carbonyl (C=O) groups excluding carboxylic acids is 1. The highest BCUT2D eigenvalue weighted by Crippen LogP contribution is 2.23. The van der Waals surface area contributed by atoms with Crippen LogP contribution in [0.3, 0.4) is 0 Å². The monoisotopic (exact) mass is 358 g/mol. The number of rotatable bonds is 4. The van der Waals surface area contributed by atoms with Crippen LogP contribution in [0.2, 0.25) is 5.02 Å². The number of benzene rings is 2. The topological polar surface area (TPSA) is 59.8 Å². The zero-order valence-corrected chi connectivity index (χ0v) is 14.5. The minimum Gasteiger partial charge on any atom is -0.318 e. The van der Waals surface area contributed by atoms with Crippen LogP contribution >= 0.6 is 11.6 Å². The van der Waals surface area contributed by atoms with Gasteiger partial charge in [0.2, 0.25) is 0 Å². The molecule has 25 heavy (non-hydrogen) atoms. The summed E-state index contributed by atoms with van der Waals surface area (Å²) in [6.45, 7) is 3.87. The maximum atomic E-state index is 13.8. The third kappa shape index (κ3) is 3.53. The van der Waals surface area contributed by atoms with E-state index in [0.29, 0.717) is 10.7 Å². The lowest BCUT2D eigenvalue weighted by molar-refractivity contribution is 0.102. The zero-order valence-electron chi connectivity index (χ0n) is 13.7. The minimum atomic E-state index is -0.507. The van der Waals surface area contributed by atoms with Gasteiger partial charge in [-0.2, -0.15) is 0 Å². The van der Waals surface area contributed by atoms with Gasteiger partial charge < -0.3 is 5.32 Å². The van der Waals surface area contributed by atoms with E-state index in [1.807, 2.05) is 13.8 Å². The summed E-state index contributed by atoms with van der Waals surface area (Å²) in [5.74, 6) is -1.03. The summed E-state index contributed by atoms with van der Waals surface area (Å²) in [4.78, 5) is 12.6. The fourth-order valence-electron chi connectivity index (χ4n) is 2.49. The standard InChI is InChI=1S/C18H16ClFN4O/c1-11(2)17-16(18(25)21-15-6-4-3-5-14(15)20)22-23-24(17)13-9-7-12(19)8-10-13/h3-11H,1-2H3,(H,21,25). The Morgan fingerprint density at radius 1 is 1.16 bits per heavy atom. The zero-order chi connectivity index (χ0) is 18.0. The normalized spacial score (nSPS) is 10.9. The lowest BCUT2D eigenvalue weighted by atomic mass is 10.1. The van der Waals surface area contributed by atoms with Crippen LogP contribution in [-0.4, -0.2) is 20.9 Å². The number of nitrogens with zero attached hydrogens (tertiary/aromatic N) is 3. The molecule has 1 N–H and O–H groups in total. The molecule has 1 aromatic heterocycles. The van der Waals surface area contributed by atoms with E-state index in [0.717, 1.165) is 5.69 Å². The van der Waals surface area contributed by atoms with Crippen LogP contribution in [0, 0.1) is 5.82 Å². The van der Waals surface area contributed by atoms with E-state index in [1.165, 1.54) is 12.1 Å². The van der Waals surface area contributed by atoms with E-state index in [4.69, 9.17) is 11.6 Å². The van der Waals surface area contributed by atoms with Crippen molar-refractivity contribution in [3.8, 4) is 5.69 Å². The van der Waals surface area contributed by atoms with E-state index >= 15 is 0 Å². The van der Waals surface area contributed by atoms with Crippen molar-refractivity contribution in [3.63, 3.8) is 0 Å². The predicted molar refractivity (Wildman–Crippen MR) is 94.8 cm³/mol. The first-order valence-corrected chi connectivity index (χ1v) is 8.12. The predicted octanol–water partition coefficient (Wildman–Crippen LogP) is 4.44. The number of amides is 1. The van der Waals surface area contributed by atoms with Gasteiger partial charge in [0.25, 0.3) is 5.91 Å². The Kier molecular flexibility index (Phi) is 4.81. The largest absolute Gasteiger partial charge is 0.318 e. The van der Waals surface area contributed by atoms with Crippen molar-refractivity contribution in [2.45, 2.75) is 19.8 Å². The van der Waals surface area contributed by atoms with Crippen LogP contribution in [0.5, 0.6) is 0 Å². The highest BCUT2D eigenvalue weighted by molar-refractivity contribution is 6.30. The molecule has 0 atom stereocenters. The summed E-state index contributed by atoms with van der Waals surface area (Å²) >= 11 is 5.92. The summed E-state index contributed by atoms with van der Waals surface area (Å²) in [5, 5.41) is 11.2. The molecule has 0 unspecified atom stereocenters. The molecule has 2 aromatic carbocycles. The van der Waals surface area contributed by atoms with E-state index in [-0.39, 0.29) is 17.3 Å². The smallest absolute Gasteiger partial charge is 0.278 e. The van der Waals surface area contributed by atoms with Gasteiger partial charge in [0.1, 0.15) is 5.82 Å². The van der Waals surface area contributed by atoms with Crippen LogP contribution in [0.25, 0.3) is 5.69 Å². The first kappa shape index (κ1) is 17.1. The van der Waals surface area contributed by atoms with Gasteiger partial charge >= 0.3 is 0 Å². The van der Waals surface area contributed by atoms with Gasteiger partial charge in [-0.3, -0.25) is 4.79 Å². The molecule has 0 aliphatic heterocycles. The first-order chi connectivity index (χ1) is 12.0. The molecule has 3 aromatic rings. The molecule has 0 radical (unpaired) electrons. The van der Waals surface area contributed by atoms with Crippen LogP contribution in [0.15, 0.2) is 48.5 Å². The lowest BCUT2D eigenvalue weighted by Gasteiger charge is -2.11. The van der Waals surface area contributed by atoms with Crippen molar-refractivity contribution in [1.29, 1.82) is 0 Å². The van der Waals surface area contributed by atoms with Crippen LogP contribution in [-0.2, 0) is 0 Å². The third-order valence-electron chi connectivity index (χ3n) is 3.66. The number of hydrogen-bond acceptors (Lipinski definition) is 3. The average molecular weight is 359 g/mol. The fourth-order valence-corrected chi connectivity index (χ4v) is 2.61. The molecule has 0 bridgehead atoms. The average Bonchev–Trinajstić information content (AvgIpc) is 3.03. The summed E-state index contributed by atoms with van der Waals surface area (Å²) in [6.07, 6.45) is 0. The Bertz CT molecular complexity index is 906. The molecular formula is C18H16ClFN4O. The second kappa shape index (κ2) is 7.03. The van der Waals surface area contributed by atoms with Crippen molar-refractivity contribution >= 4 is 23.2 Å². The van der Waals surface area contributed by atoms with Gasteiger partial charge in [-0.15, -0.1) is 5.10 Å². The summed E-state index contributed by atoms with van der Waals surface area (Å²) in [6, 6.07) is 13.0.